The van der Waals surface area contributed by atoms with Crippen molar-refractivity contribution in [2.45, 2.75) is 20.0 Å². The van der Waals surface area contributed by atoms with Crippen LogP contribution in [0, 0.1) is 0 Å². The Labute approximate surface area is 103 Å². The van der Waals surface area contributed by atoms with Gasteiger partial charge in [-0.05, 0) is 13.5 Å². The second-order valence-corrected chi connectivity index (χ2v) is 4.31. The molecule has 3 N–H and O–H groups in total. The van der Waals surface area contributed by atoms with Gasteiger partial charge in [-0.3, -0.25) is 4.90 Å². The van der Waals surface area contributed by atoms with Gasteiger partial charge >= 0.3 is 0 Å². The molecule has 0 amide bonds. The number of nitrogens with zero attached hydrogens (tertiary/aromatic N) is 3. The minimum absolute atomic E-state index is 0.126. The van der Waals surface area contributed by atoms with Gasteiger partial charge in [-0.15, -0.1) is 0 Å². The van der Waals surface area contributed by atoms with E-state index >= 15 is 0 Å². The van der Waals surface area contributed by atoms with Crippen molar-refractivity contribution in [2.24, 2.45) is 10.9 Å². The summed E-state index contributed by atoms with van der Waals surface area (Å²) in [7, 11) is 0. The van der Waals surface area contributed by atoms with Crippen LogP contribution >= 0.6 is 0 Å². The minimum atomic E-state index is -0.322. The largest absolute Gasteiger partial charge is 0.409 e. The van der Waals surface area contributed by atoms with E-state index in [0.717, 1.165) is 39.3 Å². The fourth-order valence-electron chi connectivity index (χ4n) is 1.85. The maximum Gasteiger partial charge on any atom is 0.168 e. The number of nitrogens with two attached hydrogens (primary N) is 1. The smallest absolute Gasteiger partial charge is 0.168 e. The van der Waals surface area contributed by atoms with Crippen LogP contribution in [0.2, 0.25) is 0 Å². The van der Waals surface area contributed by atoms with Gasteiger partial charge in [-0.2, -0.15) is 0 Å². The lowest BCUT2D eigenvalue weighted by Crippen LogP contribution is -2.47. The number of rotatable bonds is 6. The number of likely N-dealkylation sites (N-methyl/N-ethyl adjacent to an activating group) is 1. The normalized spacial score (nSPS) is 21.6. The molecule has 0 aromatic heterocycles. The first-order valence-corrected chi connectivity index (χ1v) is 6.21. The molecule has 0 radical (unpaired) electrons. The van der Waals surface area contributed by atoms with Crippen LogP contribution in [-0.2, 0) is 4.74 Å². The summed E-state index contributed by atoms with van der Waals surface area (Å²) in [5, 5.41) is 11.4. The summed E-state index contributed by atoms with van der Waals surface area (Å²) in [5.41, 5.74) is 5.43. The molecule has 1 saturated heterocycles. The van der Waals surface area contributed by atoms with Gasteiger partial charge < -0.3 is 20.6 Å². The first-order chi connectivity index (χ1) is 8.17. The highest BCUT2D eigenvalue weighted by molar-refractivity contribution is 5.83. The SMILES string of the molecule is CCN1CCN(CCOC(C)C(N)=NO)CC1. The van der Waals surface area contributed by atoms with Gasteiger partial charge in [-0.1, -0.05) is 12.1 Å². The topological polar surface area (TPSA) is 74.3 Å². The van der Waals surface area contributed by atoms with E-state index in [1.165, 1.54) is 0 Å². The Balaban J connectivity index is 2.12. The zero-order chi connectivity index (χ0) is 12.7. The summed E-state index contributed by atoms with van der Waals surface area (Å²) in [5.74, 6) is 0.126. The standard InChI is InChI=1S/C11H24N4O2/c1-3-14-4-6-15(7-5-14)8-9-17-10(2)11(12)13-16/h10,16H,3-9H2,1-2H3,(H2,12,13). The van der Waals surface area contributed by atoms with E-state index in [0.29, 0.717) is 6.61 Å². The van der Waals surface area contributed by atoms with Gasteiger partial charge in [0.05, 0.1) is 6.61 Å². The van der Waals surface area contributed by atoms with E-state index in [2.05, 4.69) is 21.9 Å². The van der Waals surface area contributed by atoms with Crippen LogP contribution in [0.3, 0.4) is 0 Å². The molecule has 6 nitrogen and oxygen atoms in total. The maximum absolute atomic E-state index is 8.48. The van der Waals surface area contributed by atoms with Crippen LogP contribution in [0.15, 0.2) is 5.16 Å². The zero-order valence-corrected chi connectivity index (χ0v) is 10.8. The third-order valence-corrected chi connectivity index (χ3v) is 3.22. The van der Waals surface area contributed by atoms with Crippen LogP contribution < -0.4 is 5.73 Å². The number of amidine groups is 1. The van der Waals surface area contributed by atoms with Crippen molar-refractivity contribution in [1.82, 2.24) is 9.80 Å². The van der Waals surface area contributed by atoms with Crippen molar-refractivity contribution in [2.75, 3.05) is 45.9 Å². The fourth-order valence-corrected chi connectivity index (χ4v) is 1.85. The average molecular weight is 244 g/mol. The molecule has 0 aromatic carbocycles. The van der Waals surface area contributed by atoms with Gasteiger partial charge in [0.1, 0.15) is 6.10 Å². The Morgan fingerprint density at radius 2 is 1.94 bits per heavy atom. The van der Waals surface area contributed by atoms with Gasteiger partial charge in [0.2, 0.25) is 0 Å². The monoisotopic (exact) mass is 244 g/mol. The molecule has 1 fully saturated rings. The summed E-state index contributed by atoms with van der Waals surface area (Å²) in [6, 6.07) is 0. The molecule has 0 bridgehead atoms. The molecule has 1 heterocycles. The first-order valence-electron chi connectivity index (χ1n) is 6.21. The predicted molar refractivity (Wildman–Crippen MR) is 67.4 cm³/mol. The summed E-state index contributed by atoms with van der Waals surface area (Å²) in [4.78, 5) is 4.82. The highest BCUT2D eigenvalue weighted by Crippen LogP contribution is 2.01. The average Bonchev–Trinajstić information content (AvgIpc) is 2.38. The molecule has 1 rings (SSSR count). The molecule has 0 aromatic rings. The van der Waals surface area contributed by atoms with Crippen molar-refractivity contribution in [1.29, 1.82) is 0 Å². The van der Waals surface area contributed by atoms with Crippen LogP contribution in [-0.4, -0.2) is 72.8 Å². The van der Waals surface area contributed by atoms with Crippen LogP contribution in [0.25, 0.3) is 0 Å². The predicted octanol–water partition coefficient (Wildman–Crippen LogP) is -0.225. The molecule has 0 saturated carbocycles. The second-order valence-electron chi connectivity index (χ2n) is 4.31. The molecule has 17 heavy (non-hydrogen) atoms. The van der Waals surface area contributed by atoms with Gasteiger partial charge in [0.15, 0.2) is 5.84 Å². The molecule has 100 valence electrons. The summed E-state index contributed by atoms with van der Waals surface area (Å²) >= 11 is 0. The maximum atomic E-state index is 8.48. The van der Waals surface area contributed by atoms with E-state index in [1.54, 1.807) is 6.92 Å². The summed E-state index contributed by atoms with van der Waals surface area (Å²) in [6.45, 7) is 11.1. The molecule has 1 unspecified atom stereocenters. The Morgan fingerprint density at radius 1 is 1.35 bits per heavy atom. The van der Waals surface area contributed by atoms with E-state index in [9.17, 15) is 0 Å². The van der Waals surface area contributed by atoms with E-state index < -0.39 is 0 Å². The lowest BCUT2D eigenvalue weighted by molar-refractivity contribution is 0.0625. The lowest BCUT2D eigenvalue weighted by Gasteiger charge is -2.34. The number of oxime groups is 1. The van der Waals surface area contributed by atoms with E-state index in [4.69, 9.17) is 15.7 Å². The summed E-state index contributed by atoms with van der Waals surface area (Å²) in [6.07, 6.45) is -0.322. The highest BCUT2D eigenvalue weighted by Gasteiger charge is 2.15. The zero-order valence-electron chi connectivity index (χ0n) is 10.8. The van der Waals surface area contributed by atoms with Crippen molar-refractivity contribution in [3.8, 4) is 0 Å². The number of hydrogen-bond donors (Lipinski definition) is 2. The molecule has 1 aliphatic rings. The number of hydrogen-bond acceptors (Lipinski definition) is 5. The molecule has 0 spiro atoms. The number of ether oxygens (including phenoxy) is 1. The Morgan fingerprint density at radius 3 is 2.47 bits per heavy atom. The molecule has 0 aliphatic carbocycles. The van der Waals surface area contributed by atoms with Crippen molar-refractivity contribution < 1.29 is 9.94 Å². The quantitative estimate of drug-likeness (QED) is 0.292. The first kappa shape index (κ1) is 14.2. The Bertz CT molecular complexity index is 240. The van der Waals surface area contributed by atoms with Gasteiger partial charge in [-0.25, -0.2) is 0 Å². The molecule has 6 heteroatoms. The van der Waals surface area contributed by atoms with Gasteiger partial charge in [0.25, 0.3) is 0 Å². The van der Waals surface area contributed by atoms with E-state index in [-0.39, 0.29) is 11.9 Å². The second kappa shape index (κ2) is 7.47. The van der Waals surface area contributed by atoms with Crippen molar-refractivity contribution in [3.63, 3.8) is 0 Å². The van der Waals surface area contributed by atoms with Crippen LogP contribution in [0.1, 0.15) is 13.8 Å². The lowest BCUT2D eigenvalue weighted by atomic mass is 10.3. The van der Waals surface area contributed by atoms with Gasteiger partial charge in [0, 0.05) is 32.7 Å². The highest BCUT2D eigenvalue weighted by atomic mass is 16.5. The molecule has 1 atom stereocenters. The minimum Gasteiger partial charge on any atom is -0.409 e. The Hall–Kier alpha value is -0.850. The summed E-state index contributed by atoms with van der Waals surface area (Å²) < 4.78 is 5.48. The van der Waals surface area contributed by atoms with Crippen LogP contribution in [0.4, 0.5) is 0 Å². The fraction of sp³-hybridized carbons (Fsp3) is 0.909. The van der Waals surface area contributed by atoms with Crippen molar-refractivity contribution in [3.05, 3.63) is 0 Å². The van der Waals surface area contributed by atoms with Crippen LogP contribution in [0.5, 0.6) is 0 Å². The van der Waals surface area contributed by atoms with E-state index in [1.807, 2.05) is 0 Å². The van der Waals surface area contributed by atoms with Crippen molar-refractivity contribution >= 4 is 5.84 Å². The third-order valence-electron chi connectivity index (χ3n) is 3.22. The molecule has 1 aliphatic heterocycles. The number of piperazine rings is 1. The Kier molecular flexibility index (Phi) is 6.25. The molecular weight excluding hydrogens is 220 g/mol. The third kappa shape index (κ3) is 4.89. The molecular formula is C11H24N4O2.